The molecule has 3 aromatic carbocycles. The van der Waals surface area contributed by atoms with E-state index in [2.05, 4.69) is 51.6 Å². The molecule has 0 amide bonds. The van der Waals surface area contributed by atoms with Crippen molar-refractivity contribution < 1.29 is 5.11 Å². The van der Waals surface area contributed by atoms with Gasteiger partial charge in [-0.3, -0.25) is 0 Å². The van der Waals surface area contributed by atoms with E-state index in [1.807, 2.05) is 61.1 Å². The van der Waals surface area contributed by atoms with Crippen molar-refractivity contribution in [1.29, 1.82) is 0 Å². The fraction of sp³-hybridized carbons (Fsp3) is 0.115. The van der Waals surface area contributed by atoms with E-state index in [-0.39, 0.29) is 0 Å². The van der Waals surface area contributed by atoms with Crippen molar-refractivity contribution in [3.63, 3.8) is 0 Å². The maximum absolute atomic E-state index is 10.9. The van der Waals surface area contributed by atoms with Crippen molar-refractivity contribution in [2.24, 2.45) is 0 Å². The molecule has 0 saturated carbocycles. The van der Waals surface area contributed by atoms with Crippen LogP contribution in [0.3, 0.4) is 0 Å². The first kappa shape index (κ1) is 18.4. The number of hydrogen-bond donors (Lipinski definition) is 1. The Morgan fingerprint density at radius 2 is 1.33 bits per heavy atom. The zero-order valence-electron chi connectivity index (χ0n) is 16.6. The summed E-state index contributed by atoms with van der Waals surface area (Å²) < 4.78 is 4.17. The first-order valence-electron chi connectivity index (χ1n) is 10.2. The molecule has 5 rings (SSSR count). The van der Waals surface area contributed by atoms with Crippen molar-refractivity contribution in [3.05, 3.63) is 104 Å². The lowest BCUT2D eigenvalue weighted by atomic mass is 10.0. The highest BCUT2D eigenvalue weighted by molar-refractivity contribution is 5.80. The molecule has 4 heteroatoms. The van der Waals surface area contributed by atoms with Crippen LogP contribution in [0.4, 0.5) is 0 Å². The molecule has 148 valence electrons. The van der Waals surface area contributed by atoms with E-state index in [0.29, 0.717) is 13.1 Å². The van der Waals surface area contributed by atoms with E-state index in [1.54, 1.807) is 0 Å². The molecule has 0 spiro atoms. The Kier molecular flexibility index (Phi) is 4.91. The predicted molar refractivity (Wildman–Crippen MR) is 121 cm³/mol. The molecule has 0 radical (unpaired) electrons. The van der Waals surface area contributed by atoms with Crippen LogP contribution in [0.15, 0.2) is 104 Å². The second kappa shape index (κ2) is 8.01. The molecule has 0 unspecified atom stereocenters. The van der Waals surface area contributed by atoms with Gasteiger partial charge in [-0.15, -0.1) is 0 Å². The molecule has 0 bridgehead atoms. The third kappa shape index (κ3) is 3.53. The number of fused-ring (bicyclic) bond motifs is 1. The average Bonchev–Trinajstić information content (AvgIpc) is 3.39. The van der Waals surface area contributed by atoms with E-state index in [0.717, 1.165) is 28.0 Å². The van der Waals surface area contributed by atoms with Crippen molar-refractivity contribution in [3.8, 4) is 22.5 Å². The fourth-order valence-electron chi connectivity index (χ4n) is 4.04. The molecule has 0 aliphatic rings. The highest BCUT2D eigenvalue weighted by Gasteiger charge is 2.17. The number of aliphatic hydroxyl groups is 1. The van der Waals surface area contributed by atoms with Crippen LogP contribution in [-0.4, -0.2) is 25.3 Å². The number of imidazole rings is 1. The molecule has 4 nitrogen and oxygen atoms in total. The van der Waals surface area contributed by atoms with Gasteiger partial charge in [-0.25, -0.2) is 4.98 Å². The van der Waals surface area contributed by atoms with Crippen LogP contribution < -0.4 is 0 Å². The molecule has 0 aliphatic heterocycles. The van der Waals surface area contributed by atoms with Crippen molar-refractivity contribution in [2.45, 2.75) is 19.2 Å². The SMILES string of the molecule is O[C@H](Cn1cnc(-c2ccccc2)c1-c1ccccc1)Cn1ccc2ccccc21. The van der Waals surface area contributed by atoms with Crippen LogP contribution in [0.1, 0.15) is 0 Å². The van der Waals surface area contributed by atoms with Gasteiger partial charge in [0, 0.05) is 22.8 Å². The van der Waals surface area contributed by atoms with Crippen LogP contribution >= 0.6 is 0 Å². The zero-order valence-corrected chi connectivity index (χ0v) is 16.6. The van der Waals surface area contributed by atoms with Crippen LogP contribution in [0, 0.1) is 0 Å². The lowest BCUT2D eigenvalue weighted by molar-refractivity contribution is 0.136. The van der Waals surface area contributed by atoms with E-state index in [9.17, 15) is 5.11 Å². The highest BCUT2D eigenvalue weighted by Crippen LogP contribution is 2.31. The standard InChI is InChI=1S/C26H23N3O/c30-23(17-28-16-15-20-9-7-8-14-24(20)28)18-29-19-27-25(21-10-3-1-4-11-21)26(29)22-12-5-2-6-13-22/h1-16,19,23,30H,17-18H2/t23-/m0/s1. The first-order valence-corrected chi connectivity index (χ1v) is 10.2. The summed E-state index contributed by atoms with van der Waals surface area (Å²) in [6.45, 7) is 0.997. The predicted octanol–water partition coefficient (Wildman–Crippen LogP) is 5.23. The summed E-state index contributed by atoms with van der Waals surface area (Å²) in [6.07, 6.45) is 3.33. The summed E-state index contributed by atoms with van der Waals surface area (Å²) in [7, 11) is 0. The average molecular weight is 393 g/mol. The minimum atomic E-state index is -0.541. The van der Waals surface area contributed by atoms with Gasteiger partial charge in [-0.05, 0) is 17.5 Å². The molecule has 0 fully saturated rings. The summed E-state index contributed by atoms with van der Waals surface area (Å²) >= 11 is 0. The van der Waals surface area contributed by atoms with Gasteiger partial charge >= 0.3 is 0 Å². The topological polar surface area (TPSA) is 43.0 Å². The summed E-state index contributed by atoms with van der Waals surface area (Å²) in [6, 6.07) is 30.8. The Balaban J connectivity index is 1.47. The number of benzene rings is 3. The van der Waals surface area contributed by atoms with Gasteiger partial charge in [0.1, 0.15) is 0 Å². The zero-order chi connectivity index (χ0) is 20.3. The molecule has 2 aromatic heterocycles. The van der Waals surface area contributed by atoms with Gasteiger partial charge in [0.05, 0.1) is 36.9 Å². The van der Waals surface area contributed by atoms with Crippen molar-refractivity contribution >= 4 is 10.9 Å². The second-order valence-corrected chi connectivity index (χ2v) is 7.51. The summed E-state index contributed by atoms with van der Waals surface area (Å²) in [5, 5.41) is 12.1. The highest BCUT2D eigenvalue weighted by atomic mass is 16.3. The van der Waals surface area contributed by atoms with Gasteiger partial charge in [0.15, 0.2) is 0 Å². The lowest BCUT2D eigenvalue weighted by Crippen LogP contribution is -2.22. The molecule has 5 aromatic rings. The maximum atomic E-state index is 10.9. The number of para-hydroxylation sites is 1. The Bertz CT molecular complexity index is 1260. The Hall–Kier alpha value is -3.63. The van der Waals surface area contributed by atoms with Gasteiger partial charge < -0.3 is 14.2 Å². The fourth-order valence-corrected chi connectivity index (χ4v) is 4.04. The van der Waals surface area contributed by atoms with Crippen LogP contribution in [0.2, 0.25) is 0 Å². The molecule has 30 heavy (non-hydrogen) atoms. The Morgan fingerprint density at radius 1 is 0.700 bits per heavy atom. The third-order valence-corrected chi connectivity index (χ3v) is 5.43. The minimum absolute atomic E-state index is 0.469. The normalized spacial score (nSPS) is 12.3. The summed E-state index contributed by atoms with van der Waals surface area (Å²) in [4.78, 5) is 4.71. The largest absolute Gasteiger partial charge is 0.389 e. The van der Waals surface area contributed by atoms with Gasteiger partial charge in [0.25, 0.3) is 0 Å². The lowest BCUT2D eigenvalue weighted by Gasteiger charge is -2.16. The number of rotatable bonds is 6. The Morgan fingerprint density at radius 3 is 2.10 bits per heavy atom. The number of aliphatic hydroxyl groups excluding tert-OH is 1. The maximum Gasteiger partial charge on any atom is 0.0963 e. The molecule has 2 heterocycles. The third-order valence-electron chi connectivity index (χ3n) is 5.43. The summed E-state index contributed by atoms with van der Waals surface area (Å²) in [5.41, 5.74) is 5.25. The van der Waals surface area contributed by atoms with Gasteiger partial charge in [-0.2, -0.15) is 0 Å². The van der Waals surface area contributed by atoms with E-state index >= 15 is 0 Å². The molecular formula is C26H23N3O. The number of hydrogen-bond acceptors (Lipinski definition) is 2. The monoisotopic (exact) mass is 393 g/mol. The quantitative estimate of drug-likeness (QED) is 0.429. The smallest absolute Gasteiger partial charge is 0.0963 e. The van der Waals surface area contributed by atoms with Gasteiger partial charge in [0.2, 0.25) is 0 Å². The van der Waals surface area contributed by atoms with Crippen molar-refractivity contribution in [2.75, 3.05) is 0 Å². The molecule has 0 aliphatic carbocycles. The van der Waals surface area contributed by atoms with E-state index < -0.39 is 6.10 Å². The first-order chi connectivity index (χ1) is 14.8. The Labute approximate surface area is 175 Å². The minimum Gasteiger partial charge on any atom is -0.389 e. The van der Waals surface area contributed by atoms with Crippen molar-refractivity contribution in [1.82, 2.24) is 14.1 Å². The molecule has 1 atom stereocenters. The van der Waals surface area contributed by atoms with Crippen LogP contribution in [-0.2, 0) is 13.1 Å². The van der Waals surface area contributed by atoms with Crippen LogP contribution in [0.25, 0.3) is 33.4 Å². The molecule has 0 saturated heterocycles. The number of aromatic nitrogens is 3. The number of nitrogens with zero attached hydrogens (tertiary/aromatic N) is 3. The second-order valence-electron chi connectivity index (χ2n) is 7.51. The van der Waals surface area contributed by atoms with E-state index in [4.69, 9.17) is 4.98 Å². The van der Waals surface area contributed by atoms with E-state index in [1.165, 1.54) is 5.39 Å². The molecule has 1 N–H and O–H groups in total. The van der Waals surface area contributed by atoms with Gasteiger partial charge in [-0.1, -0.05) is 78.9 Å². The van der Waals surface area contributed by atoms with Crippen LogP contribution in [0.5, 0.6) is 0 Å². The molecular weight excluding hydrogens is 370 g/mol. The summed E-state index contributed by atoms with van der Waals surface area (Å²) in [5.74, 6) is 0.